The predicted octanol–water partition coefficient (Wildman–Crippen LogP) is 3.57. The van der Waals surface area contributed by atoms with Gasteiger partial charge in [-0.3, -0.25) is 0 Å². The van der Waals surface area contributed by atoms with Crippen molar-refractivity contribution in [2.45, 2.75) is 38.9 Å². The molecule has 0 fully saturated rings. The molecule has 0 spiro atoms. The average molecular weight is 420 g/mol. The number of fused-ring (bicyclic) bond motifs is 4. The Hall–Kier alpha value is -3.58. The third-order valence-electron chi connectivity index (χ3n) is 5.93. The van der Waals surface area contributed by atoms with E-state index < -0.39 is 23.5 Å². The van der Waals surface area contributed by atoms with Gasteiger partial charge < -0.3 is 23.8 Å². The zero-order valence-electron chi connectivity index (χ0n) is 17.0. The van der Waals surface area contributed by atoms with Crippen LogP contribution in [0.25, 0.3) is 21.9 Å². The van der Waals surface area contributed by atoms with Crippen LogP contribution in [0, 0.1) is 0 Å². The second-order valence-corrected chi connectivity index (χ2v) is 7.56. The van der Waals surface area contributed by atoms with Gasteiger partial charge >= 0.3 is 11.3 Å². The zero-order valence-corrected chi connectivity index (χ0v) is 17.0. The molecule has 7 nitrogen and oxygen atoms in total. The van der Waals surface area contributed by atoms with Crippen LogP contribution < -0.4 is 16.0 Å². The fourth-order valence-electron chi connectivity index (χ4n) is 4.40. The van der Waals surface area contributed by atoms with Crippen molar-refractivity contribution >= 4 is 21.9 Å². The van der Waals surface area contributed by atoms with Gasteiger partial charge in [0.05, 0.1) is 27.8 Å². The number of hydrogen-bond donors (Lipinski definition) is 2. The van der Waals surface area contributed by atoms with Gasteiger partial charge in [0.15, 0.2) is 0 Å². The van der Waals surface area contributed by atoms with Gasteiger partial charge in [0.25, 0.3) is 0 Å². The lowest BCUT2D eigenvalue weighted by Crippen LogP contribution is -2.26. The first-order valence-electron chi connectivity index (χ1n) is 10.2. The topological polar surface area (TPSA) is 110 Å². The third-order valence-corrected chi connectivity index (χ3v) is 5.93. The molecule has 5 rings (SSSR count). The van der Waals surface area contributed by atoms with Gasteiger partial charge in [-0.15, -0.1) is 0 Å². The number of para-hydroxylation sites is 2. The summed E-state index contributed by atoms with van der Waals surface area (Å²) in [6, 6.07) is 10.5. The van der Waals surface area contributed by atoms with E-state index in [2.05, 4.69) is 0 Å². The van der Waals surface area contributed by atoms with E-state index in [-0.39, 0.29) is 28.2 Å². The number of aryl methyl sites for hydroxylation is 2. The molecule has 2 aromatic heterocycles. The molecule has 1 aliphatic rings. The second-order valence-electron chi connectivity index (χ2n) is 7.56. The molecule has 0 amide bonds. The van der Waals surface area contributed by atoms with Gasteiger partial charge in [0.2, 0.25) is 6.29 Å². The summed E-state index contributed by atoms with van der Waals surface area (Å²) in [4.78, 5) is 25.9. The number of aliphatic hydroxyl groups excluding tert-OH is 1. The van der Waals surface area contributed by atoms with E-state index in [1.807, 2.05) is 19.9 Å². The van der Waals surface area contributed by atoms with Crippen LogP contribution in [0.1, 0.15) is 42.0 Å². The van der Waals surface area contributed by atoms with Crippen LogP contribution in [0.2, 0.25) is 0 Å². The molecule has 31 heavy (non-hydrogen) atoms. The summed E-state index contributed by atoms with van der Waals surface area (Å²) < 4.78 is 16.7. The number of ether oxygens (including phenoxy) is 1. The van der Waals surface area contributed by atoms with E-state index >= 15 is 0 Å². The van der Waals surface area contributed by atoms with Crippen LogP contribution in [0.15, 0.2) is 54.8 Å². The van der Waals surface area contributed by atoms with Crippen LogP contribution in [0.3, 0.4) is 0 Å². The zero-order chi connectivity index (χ0) is 21.9. The molecule has 2 N–H and O–H groups in total. The summed E-state index contributed by atoms with van der Waals surface area (Å²) in [5.41, 5.74) is 0.426. The van der Waals surface area contributed by atoms with Gasteiger partial charge in [-0.05, 0) is 36.1 Å². The van der Waals surface area contributed by atoms with Crippen molar-refractivity contribution in [2.75, 3.05) is 0 Å². The van der Waals surface area contributed by atoms with Gasteiger partial charge in [-0.2, -0.15) is 0 Å². The van der Waals surface area contributed by atoms with Crippen molar-refractivity contribution in [3.63, 3.8) is 0 Å². The highest BCUT2D eigenvalue weighted by atomic mass is 16.6. The molecular weight excluding hydrogens is 400 g/mol. The van der Waals surface area contributed by atoms with Crippen molar-refractivity contribution < 1.29 is 23.8 Å². The minimum Gasteiger partial charge on any atom is -0.507 e. The molecule has 158 valence electrons. The lowest BCUT2D eigenvalue weighted by atomic mass is 9.91. The monoisotopic (exact) mass is 420 g/mol. The fourth-order valence-corrected chi connectivity index (χ4v) is 4.40. The number of benzene rings is 2. The highest BCUT2D eigenvalue weighted by Gasteiger charge is 2.43. The summed E-state index contributed by atoms with van der Waals surface area (Å²) >= 11 is 0. The Kier molecular flexibility index (Phi) is 4.37. The maximum Gasteiger partial charge on any atom is 0.344 e. The van der Waals surface area contributed by atoms with Crippen LogP contribution in [0.5, 0.6) is 11.5 Å². The highest BCUT2D eigenvalue weighted by Crippen LogP contribution is 2.46. The van der Waals surface area contributed by atoms with Gasteiger partial charge in [0, 0.05) is 0 Å². The van der Waals surface area contributed by atoms with Crippen LogP contribution in [0.4, 0.5) is 0 Å². The molecule has 0 saturated carbocycles. The molecule has 2 aromatic carbocycles. The predicted molar refractivity (Wildman–Crippen MR) is 114 cm³/mol. The lowest BCUT2D eigenvalue weighted by molar-refractivity contribution is -0.00987. The largest absolute Gasteiger partial charge is 0.507 e. The molecule has 4 aromatic rings. The summed E-state index contributed by atoms with van der Waals surface area (Å²) in [7, 11) is 0. The Bertz CT molecular complexity index is 1460. The van der Waals surface area contributed by atoms with E-state index in [0.29, 0.717) is 29.2 Å². The van der Waals surface area contributed by atoms with E-state index in [1.54, 1.807) is 30.3 Å². The number of aromatic hydroxyl groups is 1. The molecular formula is C24H20O7. The van der Waals surface area contributed by atoms with Crippen molar-refractivity contribution in [1.82, 2.24) is 0 Å². The minimum absolute atomic E-state index is 0.0122. The Balaban J connectivity index is 1.82. The average Bonchev–Trinajstić information content (AvgIpc) is 3.11. The summed E-state index contributed by atoms with van der Waals surface area (Å²) in [5.74, 6) is -1.43. The molecule has 1 aliphatic heterocycles. The first-order valence-corrected chi connectivity index (χ1v) is 10.2. The standard InChI is InChI=1S/C24H20O7/c1-3-11-7-5-9-13-18(25)16(23(27)29-19(11)13)15-17-21(31-22(15)26)14-10-6-8-12(4-2)20(14)30-24(17)28/h5-10,15,22,25-26H,3-4H2,1-2H3. The van der Waals surface area contributed by atoms with E-state index in [9.17, 15) is 19.8 Å². The van der Waals surface area contributed by atoms with E-state index in [0.717, 1.165) is 11.1 Å². The third kappa shape index (κ3) is 2.70. The van der Waals surface area contributed by atoms with Crippen LogP contribution in [-0.2, 0) is 12.8 Å². The van der Waals surface area contributed by atoms with Gasteiger partial charge in [0.1, 0.15) is 22.7 Å². The van der Waals surface area contributed by atoms with Gasteiger partial charge in [-0.1, -0.05) is 38.1 Å². The molecule has 0 saturated heterocycles. The Morgan fingerprint density at radius 1 is 0.839 bits per heavy atom. The molecule has 3 heterocycles. The van der Waals surface area contributed by atoms with Crippen molar-refractivity contribution in [2.24, 2.45) is 0 Å². The summed E-state index contributed by atoms with van der Waals surface area (Å²) in [5, 5.41) is 22.5. The summed E-state index contributed by atoms with van der Waals surface area (Å²) in [6.07, 6.45) is -0.318. The van der Waals surface area contributed by atoms with Crippen molar-refractivity contribution in [3.8, 4) is 11.5 Å². The van der Waals surface area contributed by atoms with Gasteiger partial charge in [-0.25, -0.2) is 9.59 Å². The second kappa shape index (κ2) is 6.99. The van der Waals surface area contributed by atoms with Crippen LogP contribution in [-0.4, -0.2) is 16.5 Å². The maximum atomic E-state index is 12.9. The number of hydrogen-bond acceptors (Lipinski definition) is 7. The Morgan fingerprint density at radius 3 is 2.00 bits per heavy atom. The molecule has 0 bridgehead atoms. The normalized spacial score (nSPS) is 17.8. The van der Waals surface area contributed by atoms with E-state index in [1.165, 1.54) is 0 Å². The lowest BCUT2D eigenvalue weighted by Gasteiger charge is -2.15. The number of aliphatic hydroxyl groups is 1. The Morgan fingerprint density at radius 2 is 1.39 bits per heavy atom. The SMILES string of the molecule is CCc1cccc2c(O)c(C3c4c(c5cccc(CC)c5oc4=O)OC3O)c(=O)oc12. The van der Waals surface area contributed by atoms with E-state index in [4.69, 9.17) is 13.6 Å². The number of rotatable bonds is 3. The fraction of sp³-hybridized carbons (Fsp3) is 0.250. The summed E-state index contributed by atoms with van der Waals surface area (Å²) in [6.45, 7) is 3.84. The van der Waals surface area contributed by atoms with Crippen molar-refractivity contribution in [1.29, 1.82) is 0 Å². The molecule has 7 heteroatoms. The first-order chi connectivity index (χ1) is 15.0. The molecule has 2 atom stereocenters. The molecule has 0 aliphatic carbocycles. The minimum atomic E-state index is -1.56. The molecule has 2 unspecified atom stereocenters. The first kappa shape index (κ1) is 19.4. The Labute approximate surface area is 176 Å². The maximum absolute atomic E-state index is 12.9. The highest BCUT2D eigenvalue weighted by molar-refractivity contribution is 5.89. The molecule has 0 radical (unpaired) electrons. The quantitative estimate of drug-likeness (QED) is 0.488. The smallest absolute Gasteiger partial charge is 0.344 e. The van der Waals surface area contributed by atoms with Crippen molar-refractivity contribution in [3.05, 3.63) is 79.5 Å². The van der Waals surface area contributed by atoms with Crippen LogP contribution >= 0.6 is 0 Å².